The number of nitrogens with one attached hydrogen (secondary N) is 1. The number of carbonyl (C=O) groups excluding carboxylic acids is 1. The highest BCUT2D eigenvalue weighted by atomic mass is 32.2. The number of nitrogens with zero attached hydrogens (tertiary/aromatic N) is 1. The van der Waals surface area contributed by atoms with Crippen LogP contribution in [0, 0.1) is 6.92 Å². The first-order chi connectivity index (χ1) is 13.9. The summed E-state index contributed by atoms with van der Waals surface area (Å²) in [6, 6.07) is 14.2. The van der Waals surface area contributed by atoms with Gasteiger partial charge in [0, 0.05) is 17.8 Å². The van der Waals surface area contributed by atoms with Crippen LogP contribution in [0.5, 0.6) is 0 Å². The molecule has 0 aliphatic heterocycles. The Labute approximate surface area is 175 Å². The lowest BCUT2D eigenvalue weighted by molar-refractivity contribution is 0.0962. The fraction of sp³-hybridized carbons (Fsp3) is 0.227. The van der Waals surface area contributed by atoms with Gasteiger partial charge in [0.05, 0.1) is 15.5 Å². The van der Waals surface area contributed by atoms with Crippen LogP contribution in [0.25, 0.3) is 10.1 Å². The Morgan fingerprint density at radius 1 is 1.17 bits per heavy atom. The van der Waals surface area contributed by atoms with Crippen molar-refractivity contribution >= 4 is 43.0 Å². The van der Waals surface area contributed by atoms with Crippen LogP contribution in [-0.4, -0.2) is 27.4 Å². The van der Waals surface area contributed by atoms with Crippen molar-refractivity contribution in [3.63, 3.8) is 0 Å². The number of carbonyl (C=O) groups is 1. The Kier molecular flexibility index (Phi) is 6.39. The zero-order valence-electron chi connectivity index (χ0n) is 16.5. The van der Waals surface area contributed by atoms with Gasteiger partial charge in [0.2, 0.25) is 0 Å². The van der Waals surface area contributed by atoms with Crippen molar-refractivity contribution in [1.29, 1.82) is 0 Å². The van der Waals surface area contributed by atoms with Crippen LogP contribution < -0.4 is 9.62 Å². The Balaban J connectivity index is 1.99. The molecule has 0 bridgehead atoms. The highest BCUT2D eigenvalue weighted by Gasteiger charge is 2.24. The normalized spacial score (nSPS) is 11.4. The summed E-state index contributed by atoms with van der Waals surface area (Å²) in [5.74, 6) is -0.162. The molecule has 0 aliphatic carbocycles. The molecule has 3 rings (SSSR count). The van der Waals surface area contributed by atoms with Crippen molar-refractivity contribution in [3.8, 4) is 0 Å². The Bertz CT molecular complexity index is 1130. The van der Waals surface area contributed by atoms with E-state index in [0.717, 1.165) is 15.6 Å². The molecule has 0 saturated heterocycles. The summed E-state index contributed by atoms with van der Waals surface area (Å²) >= 11 is 1.38. The van der Waals surface area contributed by atoms with Crippen molar-refractivity contribution in [2.24, 2.45) is 0 Å². The molecular weight excluding hydrogens is 404 g/mol. The molecular formula is C22H24N2O3S2. The number of benzene rings is 2. The van der Waals surface area contributed by atoms with Crippen molar-refractivity contribution in [2.45, 2.75) is 25.2 Å². The summed E-state index contributed by atoms with van der Waals surface area (Å²) in [5.41, 5.74) is 1.60. The van der Waals surface area contributed by atoms with Gasteiger partial charge in [0.1, 0.15) is 0 Å². The molecule has 0 fully saturated rings. The van der Waals surface area contributed by atoms with Crippen LogP contribution in [0.2, 0.25) is 0 Å². The van der Waals surface area contributed by atoms with Gasteiger partial charge in [0.15, 0.2) is 0 Å². The minimum atomic E-state index is -3.68. The largest absolute Gasteiger partial charge is 0.348 e. The van der Waals surface area contributed by atoms with E-state index in [1.54, 1.807) is 42.5 Å². The topological polar surface area (TPSA) is 66.5 Å². The maximum atomic E-state index is 13.3. The lowest BCUT2D eigenvalue weighted by Gasteiger charge is -2.24. The van der Waals surface area contributed by atoms with E-state index < -0.39 is 10.0 Å². The second-order valence-corrected chi connectivity index (χ2v) is 9.67. The number of hydrogen-bond acceptors (Lipinski definition) is 4. The molecule has 2 aromatic carbocycles. The van der Waals surface area contributed by atoms with E-state index >= 15 is 0 Å². The van der Waals surface area contributed by atoms with Gasteiger partial charge in [-0.05, 0) is 55.1 Å². The van der Waals surface area contributed by atoms with E-state index in [2.05, 4.69) is 11.9 Å². The van der Waals surface area contributed by atoms with Crippen molar-refractivity contribution in [3.05, 3.63) is 71.6 Å². The molecule has 1 N–H and O–H groups in total. The molecule has 1 heterocycles. The Hall–Kier alpha value is -2.64. The maximum absolute atomic E-state index is 13.3. The smallest absolute Gasteiger partial charge is 0.264 e. The number of anilines is 1. The SMILES string of the molecule is C=CCNC(=O)c1cc2cc(N(CCC)S(=O)(=O)c3ccc(C)cc3)ccc2s1. The summed E-state index contributed by atoms with van der Waals surface area (Å²) < 4.78 is 28.9. The van der Waals surface area contributed by atoms with Crippen LogP contribution in [-0.2, 0) is 10.0 Å². The van der Waals surface area contributed by atoms with Crippen molar-refractivity contribution < 1.29 is 13.2 Å². The summed E-state index contributed by atoms with van der Waals surface area (Å²) in [4.78, 5) is 13.1. The minimum absolute atomic E-state index is 0.162. The fourth-order valence-corrected chi connectivity index (χ4v) is 5.49. The fourth-order valence-electron chi connectivity index (χ4n) is 2.98. The predicted octanol–water partition coefficient (Wildman–Crippen LogP) is 4.73. The van der Waals surface area contributed by atoms with Gasteiger partial charge in [-0.2, -0.15) is 0 Å². The van der Waals surface area contributed by atoms with Crippen LogP contribution in [0.3, 0.4) is 0 Å². The number of rotatable bonds is 8. The third-order valence-electron chi connectivity index (χ3n) is 4.45. The lowest BCUT2D eigenvalue weighted by atomic mass is 10.2. The second-order valence-electron chi connectivity index (χ2n) is 6.72. The van der Waals surface area contributed by atoms with Crippen molar-refractivity contribution in [1.82, 2.24) is 5.32 Å². The second kappa shape index (κ2) is 8.80. The number of thiophene rings is 1. The standard InChI is InChI=1S/C22H24N2O3S2/c1-4-12-23-22(25)21-15-17-14-18(8-11-20(17)28-21)24(13-5-2)29(26,27)19-9-6-16(3)7-10-19/h4,6-11,14-15H,1,5,12-13H2,2-3H3,(H,23,25). The third-order valence-corrected chi connectivity index (χ3v) is 7.41. The van der Waals surface area contributed by atoms with E-state index in [4.69, 9.17) is 0 Å². The number of aryl methyl sites for hydroxylation is 1. The molecule has 0 saturated carbocycles. The summed E-state index contributed by atoms with van der Waals surface area (Å²) in [6.45, 7) is 8.24. The monoisotopic (exact) mass is 428 g/mol. The van der Waals surface area contributed by atoms with E-state index in [0.29, 0.717) is 30.1 Å². The molecule has 152 valence electrons. The molecule has 1 aromatic heterocycles. The molecule has 0 radical (unpaired) electrons. The van der Waals surface area contributed by atoms with Crippen molar-refractivity contribution in [2.75, 3.05) is 17.4 Å². The molecule has 5 nitrogen and oxygen atoms in total. The first-order valence-electron chi connectivity index (χ1n) is 9.39. The summed E-state index contributed by atoms with van der Waals surface area (Å²) in [6.07, 6.45) is 2.31. The summed E-state index contributed by atoms with van der Waals surface area (Å²) in [5, 5.41) is 3.61. The van der Waals surface area contributed by atoms with Crippen LogP contribution in [0.1, 0.15) is 28.6 Å². The first kappa shape index (κ1) is 21.1. The van der Waals surface area contributed by atoms with E-state index in [1.807, 2.05) is 26.0 Å². The van der Waals surface area contributed by atoms with Gasteiger partial charge in [-0.1, -0.05) is 30.7 Å². The van der Waals surface area contributed by atoms with Gasteiger partial charge >= 0.3 is 0 Å². The molecule has 0 unspecified atom stereocenters. The zero-order chi connectivity index (χ0) is 21.0. The quantitative estimate of drug-likeness (QED) is 0.528. The molecule has 3 aromatic rings. The number of fused-ring (bicyclic) bond motifs is 1. The summed E-state index contributed by atoms with van der Waals surface area (Å²) in [7, 11) is -3.68. The minimum Gasteiger partial charge on any atom is -0.348 e. The number of hydrogen-bond donors (Lipinski definition) is 1. The van der Waals surface area contributed by atoms with Gasteiger partial charge in [-0.25, -0.2) is 8.42 Å². The highest BCUT2D eigenvalue weighted by Crippen LogP contribution is 2.32. The maximum Gasteiger partial charge on any atom is 0.264 e. The van der Waals surface area contributed by atoms with Crippen LogP contribution in [0.15, 0.2) is 66.1 Å². The first-order valence-corrected chi connectivity index (χ1v) is 11.6. The average Bonchev–Trinajstić information content (AvgIpc) is 3.13. The average molecular weight is 429 g/mol. The molecule has 29 heavy (non-hydrogen) atoms. The van der Waals surface area contributed by atoms with E-state index in [1.165, 1.54) is 15.6 Å². The predicted molar refractivity (Wildman–Crippen MR) is 120 cm³/mol. The van der Waals surface area contributed by atoms with Gasteiger partial charge in [-0.3, -0.25) is 9.10 Å². The van der Waals surface area contributed by atoms with Gasteiger partial charge < -0.3 is 5.32 Å². The Morgan fingerprint density at radius 2 is 1.90 bits per heavy atom. The highest BCUT2D eigenvalue weighted by molar-refractivity contribution is 7.92. The lowest BCUT2D eigenvalue weighted by Crippen LogP contribution is -2.31. The zero-order valence-corrected chi connectivity index (χ0v) is 18.1. The molecule has 0 spiro atoms. The number of amides is 1. The van der Waals surface area contributed by atoms with E-state index in [-0.39, 0.29) is 10.8 Å². The van der Waals surface area contributed by atoms with Crippen LogP contribution >= 0.6 is 11.3 Å². The van der Waals surface area contributed by atoms with Gasteiger partial charge in [-0.15, -0.1) is 17.9 Å². The van der Waals surface area contributed by atoms with E-state index in [9.17, 15) is 13.2 Å². The molecule has 1 amide bonds. The van der Waals surface area contributed by atoms with Gasteiger partial charge in [0.25, 0.3) is 15.9 Å². The number of sulfonamides is 1. The molecule has 0 atom stereocenters. The third kappa shape index (κ3) is 4.52. The molecule has 0 aliphatic rings. The molecule has 7 heteroatoms. The Morgan fingerprint density at radius 3 is 2.55 bits per heavy atom. The van der Waals surface area contributed by atoms with Crippen LogP contribution in [0.4, 0.5) is 5.69 Å².